The van der Waals surface area contributed by atoms with E-state index in [4.69, 9.17) is 0 Å². The lowest BCUT2D eigenvalue weighted by Gasteiger charge is -2.29. The van der Waals surface area contributed by atoms with E-state index in [1.165, 1.54) is 6.26 Å². The lowest BCUT2D eigenvalue weighted by Crippen LogP contribution is -2.38. The fourth-order valence-electron chi connectivity index (χ4n) is 1.70. The summed E-state index contributed by atoms with van der Waals surface area (Å²) in [6, 6.07) is 1.61. The van der Waals surface area contributed by atoms with Gasteiger partial charge in [0, 0.05) is 19.2 Å². The molecule has 4 nitrogen and oxygen atoms in total. The number of likely N-dealkylation sites (tertiary alicyclic amines) is 1. The monoisotopic (exact) mass is 194 g/mol. The van der Waals surface area contributed by atoms with Crippen LogP contribution in [0.3, 0.4) is 0 Å². The van der Waals surface area contributed by atoms with Crippen molar-refractivity contribution in [2.75, 3.05) is 13.1 Å². The maximum Gasteiger partial charge on any atom is 0.276 e. The second-order valence-corrected chi connectivity index (χ2v) is 3.86. The van der Waals surface area contributed by atoms with E-state index >= 15 is 0 Å². The van der Waals surface area contributed by atoms with E-state index < -0.39 is 0 Å². The number of carbonyl (C=O) groups is 1. The minimum absolute atomic E-state index is 0.00866. The molecule has 76 valence electrons. The van der Waals surface area contributed by atoms with Crippen molar-refractivity contribution in [3.05, 3.63) is 18.0 Å². The number of hydrogen-bond acceptors (Lipinski definition) is 3. The van der Waals surface area contributed by atoms with Crippen molar-refractivity contribution in [1.82, 2.24) is 10.1 Å². The van der Waals surface area contributed by atoms with Gasteiger partial charge in [-0.3, -0.25) is 4.79 Å². The van der Waals surface area contributed by atoms with Crippen molar-refractivity contribution >= 4 is 5.91 Å². The Labute approximate surface area is 82.9 Å². The van der Waals surface area contributed by atoms with Crippen LogP contribution in [0.25, 0.3) is 0 Å². The Kier molecular flexibility index (Phi) is 2.52. The van der Waals surface area contributed by atoms with Crippen LogP contribution in [-0.2, 0) is 0 Å². The first-order valence-corrected chi connectivity index (χ1v) is 4.97. The van der Waals surface area contributed by atoms with Crippen LogP contribution in [0.2, 0.25) is 0 Å². The summed E-state index contributed by atoms with van der Waals surface area (Å²) in [6.07, 6.45) is 3.60. The Morgan fingerprint density at radius 2 is 2.29 bits per heavy atom. The highest BCUT2D eigenvalue weighted by Crippen LogP contribution is 2.17. The van der Waals surface area contributed by atoms with Gasteiger partial charge in [0.15, 0.2) is 5.69 Å². The van der Waals surface area contributed by atoms with Crippen molar-refractivity contribution in [3.8, 4) is 0 Å². The van der Waals surface area contributed by atoms with Crippen molar-refractivity contribution in [1.29, 1.82) is 0 Å². The summed E-state index contributed by atoms with van der Waals surface area (Å²) in [7, 11) is 0. The maximum absolute atomic E-state index is 11.8. The van der Waals surface area contributed by atoms with Gasteiger partial charge in [0.05, 0.1) is 0 Å². The molecule has 0 saturated carbocycles. The summed E-state index contributed by atoms with van der Waals surface area (Å²) < 4.78 is 4.65. The molecule has 1 aromatic rings. The van der Waals surface area contributed by atoms with Gasteiger partial charge >= 0.3 is 0 Å². The molecule has 4 heteroatoms. The molecular weight excluding hydrogens is 180 g/mol. The van der Waals surface area contributed by atoms with Crippen LogP contribution in [0.4, 0.5) is 0 Å². The average molecular weight is 194 g/mol. The first-order chi connectivity index (χ1) is 6.77. The molecule has 0 aliphatic carbocycles. The van der Waals surface area contributed by atoms with Crippen molar-refractivity contribution in [2.24, 2.45) is 5.92 Å². The van der Waals surface area contributed by atoms with Crippen molar-refractivity contribution in [3.63, 3.8) is 0 Å². The zero-order chi connectivity index (χ0) is 9.97. The standard InChI is InChI=1S/C10H14N2O2/c1-8-2-5-12(6-3-8)10(13)9-4-7-14-11-9/h4,7-8H,2-3,5-6H2,1H3. The molecule has 1 aromatic heterocycles. The Bertz CT molecular complexity index is 300. The normalized spacial score (nSPS) is 18.5. The van der Waals surface area contributed by atoms with Crippen LogP contribution in [0, 0.1) is 5.92 Å². The van der Waals surface area contributed by atoms with Gasteiger partial charge in [-0.05, 0) is 18.8 Å². The summed E-state index contributed by atoms with van der Waals surface area (Å²) in [5.74, 6) is 0.724. The van der Waals surface area contributed by atoms with Crippen LogP contribution in [0.5, 0.6) is 0 Å². The third-order valence-corrected chi connectivity index (χ3v) is 2.73. The molecule has 1 aliphatic heterocycles. The van der Waals surface area contributed by atoms with Crippen LogP contribution in [0.1, 0.15) is 30.3 Å². The highest BCUT2D eigenvalue weighted by molar-refractivity contribution is 5.92. The number of piperidine rings is 1. The van der Waals surface area contributed by atoms with E-state index in [2.05, 4.69) is 16.6 Å². The summed E-state index contributed by atoms with van der Waals surface area (Å²) in [5.41, 5.74) is 0.416. The molecule has 2 heterocycles. The van der Waals surface area contributed by atoms with Crippen LogP contribution >= 0.6 is 0 Å². The van der Waals surface area contributed by atoms with E-state index in [-0.39, 0.29) is 5.91 Å². The zero-order valence-corrected chi connectivity index (χ0v) is 8.27. The summed E-state index contributed by atoms with van der Waals surface area (Å²) in [6.45, 7) is 3.90. The Morgan fingerprint density at radius 1 is 1.57 bits per heavy atom. The Hall–Kier alpha value is -1.32. The van der Waals surface area contributed by atoms with Crippen LogP contribution in [0.15, 0.2) is 16.9 Å². The number of carbonyl (C=O) groups excluding carboxylic acids is 1. The molecule has 0 N–H and O–H groups in total. The molecule has 1 amide bonds. The molecule has 14 heavy (non-hydrogen) atoms. The molecule has 0 atom stereocenters. The molecule has 1 fully saturated rings. The molecule has 0 aromatic carbocycles. The van der Waals surface area contributed by atoms with Gasteiger partial charge in [-0.15, -0.1) is 0 Å². The number of aromatic nitrogens is 1. The van der Waals surface area contributed by atoms with Gasteiger partial charge in [-0.1, -0.05) is 12.1 Å². The van der Waals surface area contributed by atoms with Gasteiger partial charge in [-0.25, -0.2) is 0 Å². The molecule has 1 aliphatic rings. The highest BCUT2D eigenvalue weighted by Gasteiger charge is 2.22. The van der Waals surface area contributed by atoms with Gasteiger partial charge in [-0.2, -0.15) is 0 Å². The van der Waals surface area contributed by atoms with E-state index in [1.807, 2.05) is 4.90 Å². The second-order valence-electron chi connectivity index (χ2n) is 3.86. The summed E-state index contributed by atoms with van der Waals surface area (Å²) in [5, 5.41) is 3.64. The van der Waals surface area contributed by atoms with E-state index in [9.17, 15) is 4.79 Å². The average Bonchev–Trinajstić information content (AvgIpc) is 2.71. The van der Waals surface area contributed by atoms with Crippen molar-refractivity contribution in [2.45, 2.75) is 19.8 Å². The number of hydrogen-bond donors (Lipinski definition) is 0. The molecule has 0 unspecified atom stereocenters. The quantitative estimate of drug-likeness (QED) is 0.681. The zero-order valence-electron chi connectivity index (χ0n) is 8.27. The molecule has 0 spiro atoms. The van der Waals surface area contributed by atoms with E-state index in [1.54, 1.807) is 6.07 Å². The first kappa shape index (κ1) is 9.24. The minimum Gasteiger partial charge on any atom is -0.364 e. The van der Waals surface area contributed by atoms with Crippen LogP contribution in [-0.4, -0.2) is 29.1 Å². The van der Waals surface area contributed by atoms with Crippen LogP contribution < -0.4 is 0 Å². The largest absolute Gasteiger partial charge is 0.364 e. The molecule has 0 radical (unpaired) electrons. The minimum atomic E-state index is -0.00866. The number of rotatable bonds is 1. The SMILES string of the molecule is CC1CCN(C(=O)c2ccon2)CC1. The van der Waals surface area contributed by atoms with Crippen molar-refractivity contribution < 1.29 is 9.32 Å². The summed E-state index contributed by atoms with van der Waals surface area (Å²) >= 11 is 0. The Morgan fingerprint density at radius 3 is 2.86 bits per heavy atom. The Balaban J connectivity index is 1.99. The van der Waals surface area contributed by atoms with Gasteiger partial charge in [0.1, 0.15) is 6.26 Å². The molecule has 0 bridgehead atoms. The third kappa shape index (κ3) is 1.78. The lowest BCUT2D eigenvalue weighted by atomic mass is 9.99. The van der Waals surface area contributed by atoms with E-state index in [0.29, 0.717) is 5.69 Å². The highest BCUT2D eigenvalue weighted by atomic mass is 16.5. The molecule has 2 rings (SSSR count). The van der Waals surface area contributed by atoms with Gasteiger partial charge < -0.3 is 9.42 Å². The predicted octanol–water partition coefficient (Wildman–Crippen LogP) is 1.55. The third-order valence-electron chi connectivity index (χ3n) is 2.73. The summed E-state index contributed by atoms with van der Waals surface area (Å²) in [4.78, 5) is 13.6. The predicted molar refractivity (Wildman–Crippen MR) is 50.8 cm³/mol. The van der Waals surface area contributed by atoms with Gasteiger partial charge in [0.2, 0.25) is 0 Å². The van der Waals surface area contributed by atoms with Gasteiger partial charge in [0.25, 0.3) is 5.91 Å². The molecular formula is C10H14N2O2. The fraction of sp³-hybridized carbons (Fsp3) is 0.600. The smallest absolute Gasteiger partial charge is 0.276 e. The topological polar surface area (TPSA) is 46.3 Å². The maximum atomic E-state index is 11.8. The fourth-order valence-corrected chi connectivity index (χ4v) is 1.70. The number of amides is 1. The molecule has 1 saturated heterocycles. The van der Waals surface area contributed by atoms with E-state index in [0.717, 1.165) is 31.8 Å². The second kappa shape index (κ2) is 3.82. The lowest BCUT2D eigenvalue weighted by molar-refractivity contribution is 0.0687. The first-order valence-electron chi connectivity index (χ1n) is 4.97. The number of nitrogens with zero attached hydrogens (tertiary/aromatic N) is 2.